The molecule has 0 radical (unpaired) electrons. The van der Waals surface area contributed by atoms with Crippen molar-refractivity contribution in [2.45, 2.75) is 20.8 Å². The molecule has 1 saturated heterocycles. The monoisotopic (exact) mass is 462 g/mol. The molecule has 2 aromatic carbocycles. The van der Waals surface area contributed by atoms with Gasteiger partial charge in [0.25, 0.3) is 11.8 Å². The summed E-state index contributed by atoms with van der Waals surface area (Å²) in [4.78, 5) is 32.9. The van der Waals surface area contributed by atoms with Gasteiger partial charge in [0.15, 0.2) is 0 Å². The standard InChI is InChI=1S/C27H34N4O3/c1-5-29-14-16-30(17-15-29)21-12-10-20(11-13-21)28-25-24(22-8-6-7-9-23(22)34-4)26(32)31(27(25)33)18-19(2)3/h6-13,19,28H,5,14-18H2,1-4H3. The molecule has 1 fully saturated rings. The van der Waals surface area contributed by atoms with Crippen molar-refractivity contribution in [3.63, 3.8) is 0 Å². The van der Waals surface area contributed by atoms with Crippen molar-refractivity contribution in [2.24, 2.45) is 5.92 Å². The molecule has 2 aromatic rings. The van der Waals surface area contributed by atoms with Gasteiger partial charge in [0.2, 0.25) is 0 Å². The van der Waals surface area contributed by atoms with Crippen molar-refractivity contribution in [3.05, 3.63) is 59.8 Å². The Kier molecular flexibility index (Phi) is 7.22. The number of carbonyl (C=O) groups excluding carboxylic acids is 2. The number of piperazine rings is 1. The van der Waals surface area contributed by atoms with Gasteiger partial charge in [0.1, 0.15) is 11.4 Å². The molecule has 2 amide bonds. The van der Waals surface area contributed by atoms with E-state index in [4.69, 9.17) is 4.74 Å². The first-order chi connectivity index (χ1) is 16.4. The highest BCUT2D eigenvalue weighted by molar-refractivity contribution is 6.37. The van der Waals surface area contributed by atoms with Crippen molar-refractivity contribution in [1.82, 2.24) is 9.80 Å². The van der Waals surface area contributed by atoms with E-state index in [1.807, 2.05) is 44.2 Å². The third kappa shape index (κ3) is 4.80. The maximum absolute atomic E-state index is 13.4. The SMILES string of the molecule is CCN1CCN(c2ccc(NC3=C(c4ccccc4OC)C(=O)N(CC(C)C)C3=O)cc2)CC1. The lowest BCUT2D eigenvalue weighted by Gasteiger charge is -2.35. The maximum atomic E-state index is 13.4. The van der Waals surface area contributed by atoms with Crippen molar-refractivity contribution in [2.75, 3.05) is 56.6 Å². The van der Waals surface area contributed by atoms with E-state index in [1.165, 1.54) is 4.90 Å². The molecule has 0 unspecified atom stereocenters. The van der Waals surface area contributed by atoms with Crippen LogP contribution in [0.25, 0.3) is 5.57 Å². The second-order valence-corrected chi connectivity index (χ2v) is 9.16. The molecule has 0 saturated carbocycles. The third-order valence-electron chi connectivity index (χ3n) is 6.41. The van der Waals surface area contributed by atoms with E-state index in [0.717, 1.165) is 44.1 Å². The fourth-order valence-electron chi connectivity index (χ4n) is 4.55. The summed E-state index contributed by atoms with van der Waals surface area (Å²) in [5.41, 5.74) is 3.19. The lowest BCUT2D eigenvalue weighted by molar-refractivity contribution is -0.137. The highest BCUT2D eigenvalue weighted by atomic mass is 16.5. The van der Waals surface area contributed by atoms with Gasteiger partial charge in [-0.05, 0) is 42.8 Å². The predicted octanol–water partition coefficient (Wildman–Crippen LogP) is 3.69. The molecule has 2 aliphatic rings. The van der Waals surface area contributed by atoms with Gasteiger partial charge in [-0.3, -0.25) is 14.5 Å². The Bertz CT molecular complexity index is 1070. The van der Waals surface area contributed by atoms with Gasteiger partial charge in [-0.25, -0.2) is 0 Å². The molecular weight excluding hydrogens is 428 g/mol. The molecule has 0 aliphatic carbocycles. The minimum atomic E-state index is -0.306. The molecule has 0 bridgehead atoms. The molecule has 0 spiro atoms. The first-order valence-electron chi connectivity index (χ1n) is 12.0. The van der Waals surface area contributed by atoms with Crippen LogP contribution >= 0.6 is 0 Å². The Morgan fingerprint density at radius 2 is 1.62 bits per heavy atom. The second-order valence-electron chi connectivity index (χ2n) is 9.16. The van der Waals surface area contributed by atoms with Crippen molar-refractivity contribution >= 4 is 28.8 Å². The zero-order valence-corrected chi connectivity index (χ0v) is 20.5. The number of ether oxygens (including phenoxy) is 1. The van der Waals surface area contributed by atoms with E-state index in [0.29, 0.717) is 29.1 Å². The molecule has 4 rings (SSSR count). The van der Waals surface area contributed by atoms with Crippen LogP contribution in [0.3, 0.4) is 0 Å². The maximum Gasteiger partial charge on any atom is 0.278 e. The Labute approximate surface area is 202 Å². The topological polar surface area (TPSA) is 65.1 Å². The van der Waals surface area contributed by atoms with Crippen molar-refractivity contribution in [3.8, 4) is 5.75 Å². The summed E-state index contributed by atoms with van der Waals surface area (Å²) in [6.07, 6.45) is 0. The van der Waals surface area contributed by atoms with Gasteiger partial charge < -0.3 is 19.9 Å². The molecule has 0 atom stereocenters. The minimum absolute atomic E-state index is 0.165. The Morgan fingerprint density at radius 1 is 0.941 bits per heavy atom. The van der Waals surface area contributed by atoms with E-state index in [1.54, 1.807) is 13.2 Å². The number of nitrogens with zero attached hydrogens (tertiary/aromatic N) is 3. The first-order valence-corrected chi connectivity index (χ1v) is 12.0. The van der Waals surface area contributed by atoms with E-state index >= 15 is 0 Å². The van der Waals surface area contributed by atoms with Crippen LogP contribution in [0.1, 0.15) is 26.3 Å². The van der Waals surface area contributed by atoms with Gasteiger partial charge >= 0.3 is 0 Å². The first kappa shape index (κ1) is 23.8. The number of methoxy groups -OCH3 is 1. The summed E-state index contributed by atoms with van der Waals surface area (Å²) in [7, 11) is 1.57. The fourth-order valence-corrected chi connectivity index (χ4v) is 4.55. The summed E-state index contributed by atoms with van der Waals surface area (Å²) in [5.74, 6) is 0.125. The largest absolute Gasteiger partial charge is 0.496 e. The molecule has 2 aliphatic heterocycles. The average Bonchev–Trinajstić information content (AvgIpc) is 3.08. The van der Waals surface area contributed by atoms with Gasteiger partial charge in [-0.2, -0.15) is 0 Å². The summed E-state index contributed by atoms with van der Waals surface area (Å²) in [6, 6.07) is 15.4. The number of nitrogens with one attached hydrogen (secondary N) is 1. The minimum Gasteiger partial charge on any atom is -0.496 e. The lowest BCUT2D eigenvalue weighted by Crippen LogP contribution is -2.46. The van der Waals surface area contributed by atoms with Crippen LogP contribution < -0.4 is 15.0 Å². The molecular formula is C27H34N4O3. The number of carbonyl (C=O) groups is 2. The highest BCUT2D eigenvalue weighted by Gasteiger charge is 2.40. The molecule has 2 heterocycles. The van der Waals surface area contributed by atoms with Crippen LogP contribution in [0.5, 0.6) is 5.75 Å². The number of anilines is 2. The number of rotatable bonds is 8. The van der Waals surface area contributed by atoms with Gasteiger partial charge in [-0.1, -0.05) is 39.0 Å². The summed E-state index contributed by atoms with van der Waals surface area (Å²) >= 11 is 0. The molecule has 7 heteroatoms. The number of hydrogen-bond acceptors (Lipinski definition) is 6. The zero-order valence-electron chi connectivity index (χ0n) is 20.5. The van der Waals surface area contributed by atoms with Gasteiger partial charge in [0, 0.05) is 49.7 Å². The Hall–Kier alpha value is -3.32. The smallest absolute Gasteiger partial charge is 0.278 e. The van der Waals surface area contributed by atoms with Crippen LogP contribution in [0.4, 0.5) is 11.4 Å². The summed E-state index contributed by atoms with van der Waals surface area (Å²) in [6.45, 7) is 11.8. The van der Waals surface area contributed by atoms with Crippen LogP contribution in [-0.4, -0.2) is 68.0 Å². The number of para-hydroxylation sites is 1. The molecule has 34 heavy (non-hydrogen) atoms. The third-order valence-corrected chi connectivity index (χ3v) is 6.41. The average molecular weight is 463 g/mol. The summed E-state index contributed by atoms with van der Waals surface area (Å²) < 4.78 is 5.50. The molecule has 180 valence electrons. The van der Waals surface area contributed by atoms with Gasteiger partial charge in [0.05, 0.1) is 12.7 Å². The van der Waals surface area contributed by atoms with Crippen LogP contribution in [0.15, 0.2) is 54.2 Å². The number of hydrogen-bond donors (Lipinski definition) is 1. The highest BCUT2D eigenvalue weighted by Crippen LogP contribution is 2.35. The van der Waals surface area contributed by atoms with E-state index in [9.17, 15) is 9.59 Å². The van der Waals surface area contributed by atoms with Crippen molar-refractivity contribution in [1.29, 1.82) is 0 Å². The lowest BCUT2D eigenvalue weighted by atomic mass is 10.0. The Balaban J connectivity index is 1.62. The van der Waals surface area contributed by atoms with Crippen LogP contribution in [-0.2, 0) is 9.59 Å². The predicted molar refractivity (Wildman–Crippen MR) is 136 cm³/mol. The molecule has 7 nitrogen and oxygen atoms in total. The number of likely N-dealkylation sites (N-methyl/N-ethyl adjacent to an activating group) is 1. The number of benzene rings is 2. The quantitative estimate of drug-likeness (QED) is 0.604. The van der Waals surface area contributed by atoms with E-state index in [2.05, 4.69) is 34.2 Å². The Morgan fingerprint density at radius 3 is 2.24 bits per heavy atom. The summed E-state index contributed by atoms with van der Waals surface area (Å²) in [5, 5.41) is 3.26. The normalized spacial score (nSPS) is 17.2. The number of imide groups is 1. The number of amides is 2. The van der Waals surface area contributed by atoms with Gasteiger partial charge in [-0.15, -0.1) is 0 Å². The van der Waals surface area contributed by atoms with E-state index < -0.39 is 0 Å². The van der Waals surface area contributed by atoms with Crippen molar-refractivity contribution < 1.29 is 14.3 Å². The zero-order chi connectivity index (χ0) is 24.2. The fraction of sp³-hybridized carbons (Fsp3) is 0.407. The second kappa shape index (κ2) is 10.3. The van der Waals surface area contributed by atoms with Crippen LogP contribution in [0.2, 0.25) is 0 Å². The van der Waals surface area contributed by atoms with Crippen LogP contribution in [0, 0.1) is 5.92 Å². The van der Waals surface area contributed by atoms with E-state index in [-0.39, 0.29) is 17.7 Å². The molecule has 1 N–H and O–H groups in total. The molecule has 0 aromatic heterocycles.